The Morgan fingerprint density at radius 2 is 1.86 bits per heavy atom. The summed E-state index contributed by atoms with van der Waals surface area (Å²) in [4.78, 5) is 23.5. The van der Waals surface area contributed by atoms with Crippen molar-refractivity contribution in [1.29, 1.82) is 0 Å². The van der Waals surface area contributed by atoms with Crippen molar-refractivity contribution in [3.05, 3.63) is 54.5 Å². The first kappa shape index (κ1) is 18.0. The zero-order valence-electron chi connectivity index (χ0n) is 15.8. The van der Waals surface area contributed by atoms with Gasteiger partial charge in [0.15, 0.2) is 0 Å². The number of nitrogens with zero attached hydrogens (tertiary/aromatic N) is 5. The molecule has 0 aliphatic carbocycles. The lowest BCUT2D eigenvalue weighted by Crippen LogP contribution is -2.20. The maximum absolute atomic E-state index is 12.0. The number of carbonyl (C=O) groups is 1. The molecular weight excluding hydrogens is 354 g/mol. The van der Waals surface area contributed by atoms with E-state index in [0.29, 0.717) is 5.95 Å². The molecule has 0 spiro atoms. The Kier molecular flexibility index (Phi) is 5.18. The van der Waals surface area contributed by atoms with Crippen LogP contribution < -0.4 is 15.5 Å². The van der Waals surface area contributed by atoms with Gasteiger partial charge in [-0.1, -0.05) is 0 Å². The quantitative estimate of drug-likeness (QED) is 0.687. The predicted octanol–water partition coefficient (Wildman–Crippen LogP) is 2.96. The summed E-state index contributed by atoms with van der Waals surface area (Å²) in [6.07, 6.45) is 5.82. The van der Waals surface area contributed by atoms with Crippen LogP contribution in [0.4, 0.5) is 23.1 Å². The van der Waals surface area contributed by atoms with Gasteiger partial charge in [-0.2, -0.15) is 10.1 Å². The highest BCUT2D eigenvalue weighted by atomic mass is 16.2. The summed E-state index contributed by atoms with van der Waals surface area (Å²) in [5, 5.41) is 10.1. The van der Waals surface area contributed by atoms with E-state index >= 15 is 0 Å². The lowest BCUT2D eigenvalue weighted by atomic mass is 10.2. The van der Waals surface area contributed by atoms with Gasteiger partial charge in [-0.15, -0.1) is 0 Å². The standard InChI is InChI=1S/C20H23N7O/c1-15-13-18(26-10-2-3-11-26)25-20(22-15)24-17-7-5-16(6-8-17)23-19(28)14-27-12-4-9-21-27/h4-9,12-13H,2-3,10-11,14H2,1H3,(H,23,28)(H,22,24,25). The molecular formula is C20H23N7O. The van der Waals surface area contributed by atoms with Gasteiger partial charge in [-0.25, -0.2) is 4.98 Å². The number of aryl methyl sites for hydroxylation is 1. The van der Waals surface area contributed by atoms with Crippen molar-refractivity contribution in [3.63, 3.8) is 0 Å². The fourth-order valence-corrected chi connectivity index (χ4v) is 3.22. The van der Waals surface area contributed by atoms with E-state index in [9.17, 15) is 4.79 Å². The van der Waals surface area contributed by atoms with Crippen LogP contribution >= 0.6 is 0 Å². The molecule has 1 aromatic carbocycles. The number of benzene rings is 1. The molecule has 4 rings (SSSR count). The van der Waals surface area contributed by atoms with Gasteiger partial charge in [0.25, 0.3) is 0 Å². The zero-order chi connectivity index (χ0) is 19.3. The summed E-state index contributed by atoms with van der Waals surface area (Å²) >= 11 is 0. The number of amides is 1. The van der Waals surface area contributed by atoms with Gasteiger partial charge in [0, 0.05) is 48.6 Å². The average molecular weight is 377 g/mol. The molecule has 0 unspecified atom stereocenters. The second-order valence-corrected chi connectivity index (χ2v) is 6.84. The van der Waals surface area contributed by atoms with Crippen LogP contribution in [0, 0.1) is 6.92 Å². The van der Waals surface area contributed by atoms with Crippen LogP contribution in [0.25, 0.3) is 0 Å². The highest BCUT2D eigenvalue weighted by molar-refractivity contribution is 5.90. The number of rotatable bonds is 6. The molecule has 8 heteroatoms. The smallest absolute Gasteiger partial charge is 0.246 e. The molecule has 3 aromatic rings. The number of nitrogens with one attached hydrogen (secondary N) is 2. The Bertz CT molecular complexity index is 932. The van der Waals surface area contributed by atoms with Crippen molar-refractivity contribution in [3.8, 4) is 0 Å². The van der Waals surface area contributed by atoms with E-state index in [1.54, 1.807) is 23.1 Å². The Balaban J connectivity index is 1.39. The number of anilines is 4. The van der Waals surface area contributed by atoms with Gasteiger partial charge < -0.3 is 15.5 Å². The fourth-order valence-electron chi connectivity index (χ4n) is 3.22. The van der Waals surface area contributed by atoms with E-state index in [1.165, 1.54) is 12.8 Å². The number of hydrogen-bond acceptors (Lipinski definition) is 6. The molecule has 28 heavy (non-hydrogen) atoms. The SMILES string of the molecule is Cc1cc(N2CCCC2)nc(Nc2ccc(NC(=O)Cn3cccn3)cc2)n1. The first-order valence-corrected chi connectivity index (χ1v) is 9.41. The van der Waals surface area contributed by atoms with E-state index in [0.717, 1.165) is 36.0 Å². The minimum absolute atomic E-state index is 0.123. The second kappa shape index (κ2) is 8.08. The van der Waals surface area contributed by atoms with Gasteiger partial charge >= 0.3 is 0 Å². The summed E-state index contributed by atoms with van der Waals surface area (Å²) in [6.45, 7) is 4.25. The lowest BCUT2D eigenvalue weighted by molar-refractivity contribution is -0.116. The summed E-state index contributed by atoms with van der Waals surface area (Å²) in [5.74, 6) is 1.43. The van der Waals surface area contributed by atoms with Crippen LogP contribution in [-0.4, -0.2) is 38.7 Å². The fraction of sp³-hybridized carbons (Fsp3) is 0.300. The topological polar surface area (TPSA) is 88.0 Å². The van der Waals surface area contributed by atoms with Gasteiger partial charge in [-0.05, 0) is 50.1 Å². The largest absolute Gasteiger partial charge is 0.356 e. The summed E-state index contributed by atoms with van der Waals surface area (Å²) in [6, 6.07) is 11.3. The minimum atomic E-state index is -0.123. The van der Waals surface area contributed by atoms with Gasteiger partial charge in [0.2, 0.25) is 11.9 Å². The minimum Gasteiger partial charge on any atom is -0.356 e. The number of carbonyl (C=O) groups excluding carboxylic acids is 1. The van der Waals surface area contributed by atoms with Gasteiger partial charge in [0.1, 0.15) is 12.4 Å². The Hall–Kier alpha value is -3.42. The molecule has 1 fully saturated rings. The molecule has 2 N–H and O–H groups in total. The number of hydrogen-bond donors (Lipinski definition) is 2. The first-order chi connectivity index (χ1) is 13.7. The molecule has 8 nitrogen and oxygen atoms in total. The molecule has 2 aromatic heterocycles. The van der Waals surface area contributed by atoms with Crippen molar-refractivity contribution in [1.82, 2.24) is 19.7 Å². The summed E-state index contributed by atoms with van der Waals surface area (Å²) in [7, 11) is 0. The summed E-state index contributed by atoms with van der Waals surface area (Å²) < 4.78 is 1.58. The van der Waals surface area contributed by atoms with Crippen LogP contribution in [-0.2, 0) is 11.3 Å². The van der Waals surface area contributed by atoms with Crippen molar-refractivity contribution in [2.45, 2.75) is 26.3 Å². The van der Waals surface area contributed by atoms with Gasteiger partial charge in [-0.3, -0.25) is 9.48 Å². The Morgan fingerprint density at radius 1 is 1.11 bits per heavy atom. The lowest BCUT2D eigenvalue weighted by Gasteiger charge is -2.17. The second-order valence-electron chi connectivity index (χ2n) is 6.84. The average Bonchev–Trinajstić information content (AvgIpc) is 3.37. The van der Waals surface area contributed by atoms with Crippen molar-refractivity contribution in [2.24, 2.45) is 0 Å². The van der Waals surface area contributed by atoms with Crippen molar-refractivity contribution < 1.29 is 4.79 Å². The first-order valence-electron chi connectivity index (χ1n) is 9.41. The third kappa shape index (κ3) is 4.46. The predicted molar refractivity (Wildman–Crippen MR) is 109 cm³/mol. The third-order valence-corrected chi connectivity index (χ3v) is 4.56. The van der Waals surface area contributed by atoms with Crippen molar-refractivity contribution >= 4 is 29.0 Å². The number of aromatic nitrogens is 4. The Labute approximate surface area is 163 Å². The molecule has 1 saturated heterocycles. The van der Waals surface area contributed by atoms with E-state index in [4.69, 9.17) is 0 Å². The van der Waals surface area contributed by atoms with E-state index < -0.39 is 0 Å². The van der Waals surface area contributed by atoms with Gasteiger partial charge in [0.05, 0.1) is 0 Å². The molecule has 0 atom stereocenters. The van der Waals surface area contributed by atoms with Crippen LogP contribution in [0.5, 0.6) is 0 Å². The Morgan fingerprint density at radius 3 is 2.57 bits per heavy atom. The van der Waals surface area contributed by atoms with E-state index in [2.05, 4.69) is 30.6 Å². The zero-order valence-corrected chi connectivity index (χ0v) is 15.8. The molecule has 0 bridgehead atoms. The molecule has 1 amide bonds. The summed E-state index contributed by atoms with van der Waals surface area (Å²) in [5.41, 5.74) is 2.52. The van der Waals surface area contributed by atoms with Crippen LogP contribution in [0.3, 0.4) is 0 Å². The highest BCUT2D eigenvalue weighted by Crippen LogP contribution is 2.22. The van der Waals surface area contributed by atoms with Crippen LogP contribution in [0.2, 0.25) is 0 Å². The third-order valence-electron chi connectivity index (χ3n) is 4.56. The normalized spacial score (nSPS) is 13.5. The van der Waals surface area contributed by atoms with Crippen LogP contribution in [0.15, 0.2) is 48.8 Å². The highest BCUT2D eigenvalue weighted by Gasteiger charge is 2.15. The molecule has 3 heterocycles. The molecule has 1 aliphatic rings. The molecule has 1 aliphatic heterocycles. The maximum atomic E-state index is 12.0. The van der Waals surface area contributed by atoms with Crippen molar-refractivity contribution in [2.75, 3.05) is 28.6 Å². The maximum Gasteiger partial charge on any atom is 0.246 e. The van der Waals surface area contributed by atoms with E-state index in [-0.39, 0.29) is 12.5 Å². The molecule has 144 valence electrons. The molecule has 0 saturated carbocycles. The van der Waals surface area contributed by atoms with Crippen LogP contribution in [0.1, 0.15) is 18.5 Å². The molecule has 0 radical (unpaired) electrons. The van der Waals surface area contributed by atoms with E-state index in [1.807, 2.05) is 37.3 Å². The monoisotopic (exact) mass is 377 g/mol.